The summed E-state index contributed by atoms with van der Waals surface area (Å²) < 4.78 is 14.4. The summed E-state index contributed by atoms with van der Waals surface area (Å²) in [6.45, 7) is 3.97. The molecule has 0 unspecified atom stereocenters. The first-order valence-electron chi connectivity index (χ1n) is 11.2. The van der Waals surface area contributed by atoms with Gasteiger partial charge in [-0.25, -0.2) is 0 Å². The predicted molar refractivity (Wildman–Crippen MR) is 143 cm³/mol. The zero-order chi connectivity index (χ0) is 25.7. The van der Waals surface area contributed by atoms with E-state index in [1.807, 2.05) is 73.0 Å². The van der Waals surface area contributed by atoms with E-state index in [-0.39, 0.29) is 11.5 Å². The minimum absolute atomic E-state index is 0.285. The molecule has 10 heteroatoms. The van der Waals surface area contributed by atoms with E-state index in [0.717, 1.165) is 26.9 Å². The van der Waals surface area contributed by atoms with Crippen LogP contribution in [0, 0.1) is 24.0 Å². The Morgan fingerprint density at radius 1 is 1.03 bits per heavy atom. The molecule has 0 bridgehead atoms. The molecule has 4 aromatic rings. The first kappa shape index (κ1) is 25.7. The van der Waals surface area contributed by atoms with Crippen LogP contribution in [0.4, 0.5) is 0 Å². The van der Waals surface area contributed by atoms with Crippen LogP contribution in [0.5, 0.6) is 11.5 Å². The van der Waals surface area contributed by atoms with Crippen molar-refractivity contribution in [3.8, 4) is 17.2 Å². The molecule has 0 saturated carbocycles. The molecule has 4 rings (SSSR count). The Balaban J connectivity index is 1.59. The van der Waals surface area contributed by atoms with Gasteiger partial charge in [0.05, 0.1) is 7.11 Å². The zero-order valence-electron chi connectivity index (χ0n) is 20.1. The second kappa shape index (κ2) is 11.6. The lowest BCUT2D eigenvalue weighted by atomic mass is 10.1. The largest absolute Gasteiger partial charge is 0.493 e. The van der Waals surface area contributed by atoms with Crippen LogP contribution in [0.3, 0.4) is 0 Å². The van der Waals surface area contributed by atoms with Gasteiger partial charge in [0.25, 0.3) is 0 Å². The van der Waals surface area contributed by atoms with Crippen molar-refractivity contribution in [1.82, 2.24) is 14.8 Å². The molecule has 3 aromatic carbocycles. The molecule has 0 spiro atoms. The number of rotatable bonds is 10. The second-order valence-corrected chi connectivity index (χ2v) is 10.2. The van der Waals surface area contributed by atoms with Crippen molar-refractivity contribution >= 4 is 27.7 Å². The Bertz CT molecular complexity index is 1340. The molecule has 0 saturated heterocycles. The molecule has 36 heavy (non-hydrogen) atoms. The van der Waals surface area contributed by atoms with Crippen molar-refractivity contribution in [1.29, 1.82) is 0 Å². The minimum Gasteiger partial charge on any atom is -0.493 e. The fraction of sp³-hybridized carbons (Fsp3) is 0.231. The van der Waals surface area contributed by atoms with Crippen LogP contribution in [-0.2, 0) is 6.61 Å². The Hall–Kier alpha value is -3.37. The summed E-state index contributed by atoms with van der Waals surface area (Å²) in [4.78, 5) is 11.2. The van der Waals surface area contributed by atoms with E-state index < -0.39 is 5.25 Å². The van der Waals surface area contributed by atoms with Crippen molar-refractivity contribution < 1.29 is 14.4 Å². The normalized spacial score (nSPS) is 11.8. The maximum absolute atomic E-state index is 11.6. The van der Waals surface area contributed by atoms with Gasteiger partial charge in [-0.05, 0) is 61.4 Å². The summed E-state index contributed by atoms with van der Waals surface area (Å²) in [6, 6.07) is 21.3. The quantitative estimate of drug-likeness (QED) is 0.125. The van der Waals surface area contributed by atoms with E-state index in [1.54, 1.807) is 19.2 Å². The van der Waals surface area contributed by atoms with Crippen molar-refractivity contribution in [3.63, 3.8) is 0 Å². The smallest absolute Gasteiger partial charge is 0.220 e. The molecule has 0 aliphatic rings. The Morgan fingerprint density at radius 2 is 1.75 bits per heavy atom. The van der Waals surface area contributed by atoms with Gasteiger partial charge in [-0.15, -0.1) is 10.2 Å². The van der Waals surface area contributed by atoms with E-state index in [4.69, 9.17) is 9.47 Å². The topological polar surface area (TPSA) is 92.3 Å². The highest BCUT2D eigenvalue weighted by Crippen LogP contribution is 2.39. The highest BCUT2D eigenvalue weighted by Gasteiger charge is 2.25. The first-order valence-corrected chi connectivity index (χ1v) is 12.8. The van der Waals surface area contributed by atoms with Crippen LogP contribution in [-0.4, -0.2) is 33.3 Å². The van der Waals surface area contributed by atoms with Crippen LogP contribution in [0.1, 0.15) is 27.8 Å². The van der Waals surface area contributed by atoms with Gasteiger partial charge in [-0.2, -0.15) is 0 Å². The van der Waals surface area contributed by atoms with E-state index in [0.29, 0.717) is 29.1 Å². The molecule has 0 aliphatic carbocycles. The van der Waals surface area contributed by atoms with Gasteiger partial charge in [-0.1, -0.05) is 63.6 Å². The van der Waals surface area contributed by atoms with Crippen LogP contribution in [0.25, 0.3) is 5.69 Å². The number of ether oxygens (including phenoxy) is 2. The Morgan fingerprint density at radius 3 is 2.42 bits per heavy atom. The standard InChI is InChI=1S/C26H25BrN4O4S/c1-17-4-11-22(12-5-17)31-18(2)28-29-26(31)36-25(15-30(32)33)20-8-13-23(24(14-20)34-3)35-16-19-6-9-21(27)10-7-19/h4-14,25H,15-16H2,1-3H3/t25-/m0/s1. The summed E-state index contributed by atoms with van der Waals surface area (Å²) in [5.74, 6) is 1.78. The maximum Gasteiger partial charge on any atom is 0.220 e. The Kier molecular flexibility index (Phi) is 8.27. The van der Waals surface area contributed by atoms with Gasteiger partial charge in [0.15, 0.2) is 16.7 Å². The first-order chi connectivity index (χ1) is 17.3. The molecule has 186 valence electrons. The number of benzene rings is 3. The molecular formula is C26H25BrN4O4S. The third-order valence-corrected chi connectivity index (χ3v) is 7.23. The van der Waals surface area contributed by atoms with Crippen LogP contribution in [0.2, 0.25) is 0 Å². The van der Waals surface area contributed by atoms with Crippen molar-refractivity contribution in [2.75, 3.05) is 13.7 Å². The highest BCUT2D eigenvalue weighted by molar-refractivity contribution is 9.10. The summed E-state index contributed by atoms with van der Waals surface area (Å²) in [6.07, 6.45) is 0. The maximum atomic E-state index is 11.6. The fourth-order valence-electron chi connectivity index (χ4n) is 3.63. The van der Waals surface area contributed by atoms with Gasteiger partial charge in [0, 0.05) is 15.1 Å². The molecule has 1 aromatic heterocycles. The highest BCUT2D eigenvalue weighted by atomic mass is 79.9. The number of hydrogen-bond donors (Lipinski definition) is 0. The van der Waals surface area contributed by atoms with E-state index >= 15 is 0 Å². The van der Waals surface area contributed by atoms with Crippen molar-refractivity contribution in [3.05, 3.63) is 104 Å². The monoisotopic (exact) mass is 568 g/mol. The van der Waals surface area contributed by atoms with Gasteiger partial charge in [-0.3, -0.25) is 14.7 Å². The number of aryl methyl sites for hydroxylation is 2. The number of nitro groups is 1. The number of thioether (sulfide) groups is 1. The molecule has 1 atom stereocenters. The number of nitrogens with zero attached hydrogens (tertiary/aromatic N) is 4. The number of hydrogen-bond acceptors (Lipinski definition) is 7. The van der Waals surface area contributed by atoms with Gasteiger partial charge in [0.1, 0.15) is 17.7 Å². The predicted octanol–water partition coefficient (Wildman–Crippen LogP) is 6.34. The Labute approximate surface area is 221 Å². The molecule has 0 radical (unpaired) electrons. The summed E-state index contributed by atoms with van der Waals surface area (Å²) in [5.41, 5.74) is 3.79. The average molecular weight is 569 g/mol. The molecule has 0 amide bonds. The second-order valence-electron chi connectivity index (χ2n) is 8.15. The number of methoxy groups -OCH3 is 1. The molecular weight excluding hydrogens is 544 g/mol. The van der Waals surface area contributed by atoms with Gasteiger partial charge in [0.2, 0.25) is 6.54 Å². The zero-order valence-corrected chi connectivity index (χ0v) is 22.5. The van der Waals surface area contributed by atoms with Crippen molar-refractivity contribution in [2.24, 2.45) is 0 Å². The molecule has 0 N–H and O–H groups in total. The molecule has 8 nitrogen and oxygen atoms in total. The van der Waals surface area contributed by atoms with Crippen molar-refractivity contribution in [2.45, 2.75) is 30.9 Å². The van der Waals surface area contributed by atoms with Gasteiger partial charge < -0.3 is 9.47 Å². The fourth-order valence-corrected chi connectivity index (χ4v) is 5.06. The van der Waals surface area contributed by atoms with E-state index in [2.05, 4.69) is 26.1 Å². The third-order valence-electron chi connectivity index (χ3n) is 5.52. The minimum atomic E-state index is -0.512. The lowest BCUT2D eigenvalue weighted by molar-refractivity contribution is -0.479. The van der Waals surface area contributed by atoms with E-state index in [9.17, 15) is 10.1 Å². The molecule has 1 heterocycles. The average Bonchev–Trinajstić information content (AvgIpc) is 3.23. The summed E-state index contributed by atoms with van der Waals surface area (Å²) in [5, 5.41) is 20.2. The lowest BCUT2D eigenvalue weighted by Gasteiger charge is -2.17. The lowest BCUT2D eigenvalue weighted by Crippen LogP contribution is -2.11. The molecule has 0 fully saturated rings. The number of halogens is 1. The van der Waals surface area contributed by atoms with Crippen LogP contribution >= 0.6 is 27.7 Å². The van der Waals surface area contributed by atoms with E-state index in [1.165, 1.54) is 11.8 Å². The van der Waals surface area contributed by atoms with Gasteiger partial charge >= 0.3 is 0 Å². The number of aromatic nitrogens is 3. The summed E-state index contributed by atoms with van der Waals surface area (Å²) >= 11 is 4.73. The summed E-state index contributed by atoms with van der Waals surface area (Å²) in [7, 11) is 1.55. The third kappa shape index (κ3) is 6.24. The van der Waals surface area contributed by atoms with Crippen LogP contribution < -0.4 is 9.47 Å². The van der Waals surface area contributed by atoms with Crippen LogP contribution in [0.15, 0.2) is 76.4 Å². The SMILES string of the molecule is COc1cc([C@H](C[N+](=O)[O-])Sc2nnc(C)n2-c2ccc(C)cc2)ccc1OCc1ccc(Br)cc1. The molecule has 0 aliphatic heterocycles.